The second kappa shape index (κ2) is 8.86. The third kappa shape index (κ3) is 9.11. The van der Waals surface area contributed by atoms with Crippen LogP contribution in [0.2, 0.25) is 0 Å². The molecular formula is HNaNiOV. The molecule has 0 radical (unpaired) electrons. The molecule has 0 aliphatic heterocycles. The molecule has 0 aliphatic rings. The van der Waals surface area contributed by atoms with Crippen molar-refractivity contribution >= 4 is 29.6 Å². The van der Waals surface area contributed by atoms with Crippen LogP contribution in [0.4, 0.5) is 0 Å². The fourth-order valence-corrected chi connectivity index (χ4v) is 0. The Morgan fingerprint density at radius 3 is 1.75 bits per heavy atom. The monoisotopic (exact) mass is 149 g/mol. The normalized spacial score (nSPS) is 3.50. The Morgan fingerprint density at radius 2 is 1.75 bits per heavy atom. The predicted molar refractivity (Wildman–Crippen MR) is 7.84 cm³/mol. The fraction of sp³-hybridized carbons (Fsp3) is 0. The van der Waals surface area contributed by atoms with Gasteiger partial charge in [0.15, 0.2) is 0 Å². The van der Waals surface area contributed by atoms with Crippen LogP contribution in [0.25, 0.3) is 0 Å². The summed E-state index contributed by atoms with van der Waals surface area (Å²) >= 11 is 2.77. The van der Waals surface area contributed by atoms with Crippen molar-refractivity contribution in [3.05, 3.63) is 0 Å². The van der Waals surface area contributed by atoms with Crippen molar-refractivity contribution in [3.8, 4) is 0 Å². The van der Waals surface area contributed by atoms with Crippen molar-refractivity contribution < 1.29 is 31.5 Å². The first-order valence-corrected chi connectivity index (χ1v) is 3.16. The quantitative estimate of drug-likeness (QED) is 0.414. The standard InChI is InChI=1S/Na.Ni.O.V.H. The topological polar surface area (TPSA) is 17.1 Å². The Kier molecular flexibility index (Phi) is 20.6. The van der Waals surface area contributed by atoms with Gasteiger partial charge in [0.25, 0.3) is 0 Å². The second-order valence-electron chi connectivity index (χ2n) is 0.0577. The molecular weight excluding hydrogens is 149 g/mol. The van der Waals surface area contributed by atoms with Crippen molar-refractivity contribution in [1.29, 1.82) is 0 Å². The molecule has 1 nitrogen and oxygen atoms in total. The van der Waals surface area contributed by atoms with Crippen LogP contribution in [0.15, 0.2) is 0 Å². The predicted octanol–water partition coefficient (Wildman–Crippen LogP) is -0.772. The van der Waals surface area contributed by atoms with Gasteiger partial charge in [-0.25, -0.2) is 0 Å². The molecule has 0 unspecified atom stereocenters. The molecule has 0 atom stereocenters. The molecule has 0 aromatic rings. The first kappa shape index (κ1) is 9.30. The Hall–Kier alpha value is 1.88. The van der Waals surface area contributed by atoms with E-state index in [2.05, 4.69) is 13.4 Å². The van der Waals surface area contributed by atoms with E-state index in [0.717, 1.165) is 0 Å². The molecule has 0 saturated heterocycles. The van der Waals surface area contributed by atoms with Gasteiger partial charge >= 0.3 is 61.1 Å². The van der Waals surface area contributed by atoms with Crippen molar-refractivity contribution in [2.75, 3.05) is 0 Å². The minimum absolute atomic E-state index is 0. The van der Waals surface area contributed by atoms with Gasteiger partial charge in [0.05, 0.1) is 0 Å². The van der Waals surface area contributed by atoms with E-state index in [1.807, 2.05) is 0 Å². The van der Waals surface area contributed by atoms with Gasteiger partial charge in [0.1, 0.15) is 0 Å². The molecule has 0 N–H and O–H groups in total. The van der Waals surface area contributed by atoms with Crippen molar-refractivity contribution in [2.45, 2.75) is 0 Å². The van der Waals surface area contributed by atoms with E-state index in [-0.39, 0.29) is 29.6 Å². The minimum atomic E-state index is -0.938. The molecule has 0 spiro atoms. The zero-order valence-electron chi connectivity index (χ0n) is 1.17. The van der Waals surface area contributed by atoms with Crippen molar-refractivity contribution in [1.82, 2.24) is 0 Å². The van der Waals surface area contributed by atoms with Crippen molar-refractivity contribution in [3.63, 3.8) is 0 Å². The zero-order chi connectivity index (χ0) is 2.71. The average molecular weight is 150 g/mol. The summed E-state index contributed by atoms with van der Waals surface area (Å²) in [6.07, 6.45) is 0. The molecule has 0 aliphatic carbocycles. The van der Waals surface area contributed by atoms with Crippen LogP contribution >= 0.6 is 0 Å². The maximum atomic E-state index is 8.86. The van der Waals surface area contributed by atoms with Gasteiger partial charge in [0.2, 0.25) is 0 Å². The molecule has 0 aromatic carbocycles. The molecule has 4 heavy (non-hydrogen) atoms. The summed E-state index contributed by atoms with van der Waals surface area (Å²) in [4.78, 5) is 0. The molecule has 4 heteroatoms. The number of hydrogen-bond donors (Lipinski definition) is 0. The van der Waals surface area contributed by atoms with E-state index >= 15 is 0 Å². The molecule has 0 amide bonds. The Balaban J connectivity index is 0. The van der Waals surface area contributed by atoms with E-state index in [1.54, 1.807) is 0 Å². The van der Waals surface area contributed by atoms with Gasteiger partial charge in [-0.2, -0.15) is 0 Å². The van der Waals surface area contributed by atoms with Crippen LogP contribution < -0.4 is 0 Å². The van der Waals surface area contributed by atoms with E-state index in [1.165, 1.54) is 0 Å². The first-order valence-electron chi connectivity index (χ1n) is 0.324. The van der Waals surface area contributed by atoms with Crippen LogP contribution in [-0.4, -0.2) is 29.6 Å². The summed E-state index contributed by atoms with van der Waals surface area (Å²) in [5.74, 6) is 0. The number of rotatable bonds is 0. The van der Waals surface area contributed by atoms with E-state index in [0.29, 0.717) is 0 Å². The molecule has 23 valence electrons. The van der Waals surface area contributed by atoms with Gasteiger partial charge in [0, 0.05) is 0 Å². The second-order valence-corrected chi connectivity index (χ2v) is 0.981. The Labute approximate surface area is 60.3 Å². The third-order valence-corrected chi connectivity index (χ3v) is 0. The summed E-state index contributed by atoms with van der Waals surface area (Å²) in [7, 11) is 0. The molecule has 0 bridgehead atoms. The van der Waals surface area contributed by atoms with Gasteiger partial charge in [-0.05, 0) is 0 Å². The van der Waals surface area contributed by atoms with E-state index in [9.17, 15) is 0 Å². The van der Waals surface area contributed by atoms with Gasteiger partial charge in [-0.3, -0.25) is 0 Å². The van der Waals surface area contributed by atoms with Crippen LogP contribution in [0, 0.1) is 0 Å². The molecule has 0 saturated carbocycles. The SMILES string of the molecule is [NaH].[O]=[V][Ni]. The van der Waals surface area contributed by atoms with Crippen LogP contribution in [0.5, 0.6) is 0 Å². The summed E-state index contributed by atoms with van der Waals surface area (Å²) < 4.78 is 8.86. The average Bonchev–Trinajstić information content (AvgIpc) is 0.918. The third-order valence-electron chi connectivity index (χ3n) is 0. The first-order chi connectivity index (χ1) is 1.41. The summed E-state index contributed by atoms with van der Waals surface area (Å²) in [6, 6.07) is 0. The van der Waals surface area contributed by atoms with Gasteiger partial charge in [-0.1, -0.05) is 0 Å². The van der Waals surface area contributed by atoms with Crippen LogP contribution in [0.1, 0.15) is 0 Å². The van der Waals surface area contributed by atoms with E-state index in [4.69, 9.17) is 3.67 Å². The Morgan fingerprint density at radius 1 is 1.75 bits per heavy atom. The van der Waals surface area contributed by atoms with Crippen LogP contribution in [-0.2, 0) is 31.5 Å². The summed E-state index contributed by atoms with van der Waals surface area (Å²) in [6.45, 7) is 0. The molecule has 0 aromatic heterocycles. The van der Waals surface area contributed by atoms with Gasteiger partial charge in [-0.15, -0.1) is 0 Å². The summed E-state index contributed by atoms with van der Waals surface area (Å²) in [5.41, 5.74) is 0. The van der Waals surface area contributed by atoms with E-state index < -0.39 is 14.4 Å². The number of hydrogen-bond acceptors (Lipinski definition) is 1. The zero-order valence-corrected chi connectivity index (χ0v) is 3.56. The summed E-state index contributed by atoms with van der Waals surface area (Å²) in [5, 5.41) is 0. The van der Waals surface area contributed by atoms with Gasteiger partial charge < -0.3 is 0 Å². The molecule has 0 fully saturated rings. The Bertz CT molecular complexity index is 15.5. The van der Waals surface area contributed by atoms with Crippen LogP contribution in [0.3, 0.4) is 0 Å². The molecule has 0 heterocycles. The van der Waals surface area contributed by atoms with Crippen molar-refractivity contribution in [2.24, 2.45) is 0 Å². The fourth-order valence-electron chi connectivity index (χ4n) is 0. The maximum absolute atomic E-state index is 8.86. The molecule has 0 rings (SSSR count).